The molecule has 0 aliphatic heterocycles. The van der Waals surface area contributed by atoms with Gasteiger partial charge in [-0.25, -0.2) is 17.9 Å². The van der Waals surface area contributed by atoms with Crippen LogP contribution in [-0.2, 0) is 12.7 Å². The van der Waals surface area contributed by atoms with Gasteiger partial charge in [-0.1, -0.05) is 36.6 Å². The van der Waals surface area contributed by atoms with Crippen molar-refractivity contribution in [3.05, 3.63) is 93.0 Å². The molecule has 5 rings (SSSR count). The molecule has 1 saturated carbocycles. The molecule has 0 unspecified atom stereocenters. The second-order valence-corrected chi connectivity index (χ2v) is 9.34. The molecule has 0 N–H and O–H groups in total. The minimum atomic E-state index is -4.67. The van der Waals surface area contributed by atoms with E-state index in [1.807, 2.05) is 13.0 Å². The van der Waals surface area contributed by atoms with E-state index in [0.29, 0.717) is 5.56 Å². The van der Waals surface area contributed by atoms with Crippen molar-refractivity contribution in [3.8, 4) is 11.6 Å². The Morgan fingerprint density at radius 2 is 1.82 bits per heavy atom. The van der Waals surface area contributed by atoms with Crippen LogP contribution in [0.3, 0.4) is 0 Å². The van der Waals surface area contributed by atoms with Crippen LogP contribution < -0.4 is 5.56 Å². The van der Waals surface area contributed by atoms with Crippen molar-refractivity contribution in [1.82, 2.24) is 24.9 Å². The lowest BCUT2D eigenvalue weighted by Gasteiger charge is -2.22. The Morgan fingerprint density at radius 3 is 2.42 bits per heavy atom. The number of hydrogen-bond donors (Lipinski definition) is 0. The summed E-state index contributed by atoms with van der Waals surface area (Å²) < 4.78 is 83.8. The van der Waals surface area contributed by atoms with Gasteiger partial charge in [0.2, 0.25) is 5.82 Å². The molecule has 1 fully saturated rings. The maximum atomic E-state index is 13.4. The van der Waals surface area contributed by atoms with Gasteiger partial charge in [0.15, 0.2) is 0 Å². The van der Waals surface area contributed by atoms with E-state index in [4.69, 9.17) is 4.52 Å². The highest BCUT2D eigenvalue weighted by molar-refractivity contribution is 5.47. The summed E-state index contributed by atoms with van der Waals surface area (Å²) >= 11 is 0. The first-order chi connectivity index (χ1) is 19.0. The van der Waals surface area contributed by atoms with E-state index in [9.17, 15) is 31.1 Å². The van der Waals surface area contributed by atoms with Gasteiger partial charge in [-0.15, -0.1) is 0 Å². The number of halogens is 6. The smallest absolute Gasteiger partial charge is 0.332 e. The molecule has 1 aromatic carbocycles. The average Bonchev–Trinajstić information content (AvgIpc) is 3.41. The number of rotatable bonds is 5. The first-order valence-corrected chi connectivity index (χ1v) is 12.5. The number of benzene rings is 1. The number of pyridine rings is 1. The van der Waals surface area contributed by atoms with E-state index in [2.05, 4.69) is 20.2 Å². The molecule has 40 heavy (non-hydrogen) atoms. The Hall–Kier alpha value is -4.03. The van der Waals surface area contributed by atoms with Gasteiger partial charge >= 0.3 is 12.6 Å². The Balaban J connectivity index is 0.000000398. The average molecular weight is 566 g/mol. The zero-order valence-electron chi connectivity index (χ0n) is 21.3. The summed E-state index contributed by atoms with van der Waals surface area (Å²) in [6.45, 7) is 1.31. The van der Waals surface area contributed by atoms with E-state index in [1.54, 1.807) is 6.07 Å². The van der Waals surface area contributed by atoms with Gasteiger partial charge in [0.1, 0.15) is 11.5 Å². The molecular weight excluding hydrogens is 540 g/mol. The third-order valence-electron chi connectivity index (χ3n) is 6.38. The highest BCUT2D eigenvalue weighted by atomic mass is 19.4. The zero-order valence-corrected chi connectivity index (χ0v) is 21.3. The van der Waals surface area contributed by atoms with Crippen molar-refractivity contribution < 1.29 is 30.9 Å². The maximum Gasteiger partial charge on any atom is 0.418 e. The Kier molecular flexibility index (Phi) is 9.00. The molecule has 0 radical (unpaired) electrons. The molecule has 0 atom stereocenters. The fourth-order valence-corrected chi connectivity index (χ4v) is 4.48. The van der Waals surface area contributed by atoms with Crippen LogP contribution in [0.15, 0.2) is 58.0 Å². The molecule has 0 bridgehead atoms. The number of aromatic nitrogens is 5. The monoisotopic (exact) mass is 565 g/mol. The van der Waals surface area contributed by atoms with E-state index >= 15 is 0 Å². The van der Waals surface area contributed by atoms with Crippen LogP contribution in [0.2, 0.25) is 0 Å². The van der Waals surface area contributed by atoms with Crippen molar-refractivity contribution in [2.24, 2.45) is 0 Å². The highest BCUT2D eigenvalue weighted by Gasteiger charge is 2.34. The molecular formula is C27H25F6N5O2. The van der Waals surface area contributed by atoms with Crippen molar-refractivity contribution in [3.63, 3.8) is 0 Å². The van der Waals surface area contributed by atoms with Gasteiger partial charge in [-0.3, -0.25) is 9.78 Å². The third-order valence-corrected chi connectivity index (χ3v) is 6.38. The van der Waals surface area contributed by atoms with Crippen molar-refractivity contribution in [2.45, 2.75) is 64.1 Å². The van der Waals surface area contributed by atoms with Crippen LogP contribution in [0.1, 0.15) is 72.7 Å². The quantitative estimate of drug-likeness (QED) is 0.245. The van der Waals surface area contributed by atoms with E-state index in [-0.39, 0.29) is 29.0 Å². The predicted molar refractivity (Wildman–Crippen MR) is 132 cm³/mol. The Labute approximate surface area is 224 Å². The van der Waals surface area contributed by atoms with E-state index < -0.39 is 36.1 Å². The molecule has 4 aromatic rings. The summed E-state index contributed by atoms with van der Waals surface area (Å²) in [5, 5.41) is 7.24. The summed E-state index contributed by atoms with van der Waals surface area (Å²) in [4.78, 5) is 20.5. The predicted octanol–water partition coefficient (Wildman–Crippen LogP) is 6.87. The van der Waals surface area contributed by atoms with Crippen LogP contribution in [0, 0.1) is 12.7 Å². The van der Waals surface area contributed by atoms with Gasteiger partial charge in [-0.05, 0) is 61.6 Å². The molecule has 0 saturated heterocycles. The first-order valence-electron chi connectivity index (χ1n) is 12.5. The molecule has 1 aliphatic carbocycles. The lowest BCUT2D eigenvalue weighted by atomic mass is 9.84. The van der Waals surface area contributed by atoms with Crippen LogP contribution >= 0.6 is 0 Å². The van der Waals surface area contributed by atoms with E-state index in [1.165, 1.54) is 24.4 Å². The number of aryl methyl sites for hydroxylation is 1. The zero-order chi connectivity index (χ0) is 28.9. The molecule has 13 heteroatoms. The standard InChI is InChI=1S/C20H18F5N5O2.C7H7F/c21-16(22)17-27-18(32-29-17)14-9-12(11-5-2-1-3-6-11)19(31)30(28-14)10-15-13(20(23,24)25)7-4-8-26-15;1-6-3-2-4-7(8)5-6/h4,7-9,11,16H,1-3,5-6,10H2;2-5H,1H3. The fraction of sp³-hybridized carbons (Fsp3) is 0.370. The molecule has 0 amide bonds. The second-order valence-electron chi connectivity index (χ2n) is 9.34. The van der Waals surface area contributed by atoms with Crippen molar-refractivity contribution >= 4 is 0 Å². The van der Waals surface area contributed by atoms with Gasteiger partial charge in [0.05, 0.1) is 17.8 Å². The summed E-state index contributed by atoms with van der Waals surface area (Å²) in [7, 11) is 0. The molecule has 212 valence electrons. The Morgan fingerprint density at radius 1 is 1.07 bits per heavy atom. The lowest BCUT2D eigenvalue weighted by molar-refractivity contribution is -0.138. The summed E-state index contributed by atoms with van der Waals surface area (Å²) in [5.41, 5.74) is -0.709. The van der Waals surface area contributed by atoms with Crippen LogP contribution in [0.4, 0.5) is 26.3 Å². The summed E-state index contributed by atoms with van der Waals surface area (Å²) in [6.07, 6.45) is -2.19. The lowest BCUT2D eigenvalue weighted by Crippen LogP contribution is -2.30. The molecule has 1 aliphatic rings. The van der Waals surface area contributed by atoms with Crippen molar-refractivity contribution in [1.29, 1.82) is 0 Å². The Bertz CT molecular complexity index is 1480. The minimum Gasteiger partial charge on any atom is -0.332 e. The molecule has 0 spiro atoms. The van der Waals surface area contributed by atoms with E-state index in [0.717, 1.165) is 54.5 Å². The largest absolute Gasteiger partial charge is 0.418 e. The van der Waals surface area contributed by atoms with Crippen LogP contribution in [0.5, 0.6) is 0 Å². The topological polar surface area (TPSA) is 86.7 Å². The maximum absolute atomic E-state index is 13.4. The van der Waals surface area contributed by atoms with Gasteiger partial charge in [0, 0.05) is 11.8 Å². The summed E-state index contributed by atoms with van der Waals surface area (Å²) in [5.74, 6) is -1.48. The number of nitrogens with zero attached hydrogens (tertiary/aromatic N) is 5. The van der Waals surface area contributed by atoms with Crippen molar-refractivity contribution in [2.75, 3.05) is 0 Å². The fourth-order valence-electron chi connectivity index (χ4n) is 4.48. The van der Waals surface area contributed by atoms with Gasteiger partial charge < -0.3 is 4.52 Å². The normalized spacial score (nSPS) is 14.2. The minimum absolute atomic E-state index is 0.0611. The SMILES string of the molecule is Cc1cccc(F)c1.O=c1c(C2CCCCC2)cc(-c2nc(C(F)F)no2)nn1Cc1ncccc1C(F)(F)F. The second kappa shape index (κ2) is 12.4. The molecule has 3 heterocycles. The number of alkyl halides is 5. The molecule has 7 nitrogen and oxygen atoms in total. The van der Waals surface area contributed by atoms with Crippen LogP contribution in [-0.4, -0.2) is 24.9 Å². The highest BCUT2D eigenvalue weighted by Crippen LogP contribution is 2.33. The number of hydrogen-bond acceptors (Lipinski definition) is 6. The third kappa shape index (κ3) is 7.13. The van der Waals surface area contributed by atoms with Crippen LogP contribution in [0.25, 0.3) is 11.6 Å². The first kappa shape index (κ1) is 29.0. The summed E-state index contributed by atoms with van der Waals surface area (Å²) in [6, 6.07) is 9.92. The van der Waals surface area contributed by atoms with Gasteiger partial charge in [0.25, 0.3) is 11.4 Å². The molecule has 3 aromatic heterocycles. The van der Waals surface area contributed by atoms with Gasteiger partial charge in [-0.2, -0.15) is 23.3 Å².